The molecule has 0 spiro atoms. The van der Waals surface area contributed by atoms with Crippen molar-refractivity contribution in [3.05, 3.63) is 92.6 Å². The number of halogens is 6. The highest BCUT2D eigenvalue weighted by atomic mass is 19.4. The molecule has 0 atom stereocenters. The van der Waals surface area contributed by atoms with Gasteiger partial charge in [0.1, 0.15) is 53.6 Å². The summed E-state index contributed by atoms with van der Waals surface area (Å²) in [5.41, 5.74) is -5.41. The quantitative estimate of drug-likeness (QED) is 0.244. The number of nitrogens with zero attached hydrogens (tertiary/aromatic N) is 11. The minimum absolute atomic E-state index is 0.178. The lowest BCUT2D eigenvalue weighted by Crippen LogP contribution is -2.10. The first-order valence-electron chi connectivity index (χ1n) is 12.6. The van der Waals surface area contributed by atoms with Crippen LogP contribution in [0.5, 0.6) is 0 Å². The standard InChI is InChI=1S/C31H5F6N11/c32-30(33,34)28-45-9-15(10-46-28)23-19(6-42)17-1-18-22(13(2-38)3-39)24(16-11-47-29(48-12-16)31(35,36)37)20(7-43)26(18)21(8-44)27(17)25(23)14(4-40)5-41/h1,9-12H. The summed E-state index contributed by atoms with van der Waals surface area (Å²) in [6, 6.07) is 13.2. The van der Waals surface area contributed by atoms with E-state index in [1.54, 1.807) is 24.3 Å². The van der Waals surface area contributed by atoms with Crippen molar-refractivity contribution in [1.29, 1.82) is 36.8 Å². The maximum absolute atomic E-state index is 13.2. The van der Waals surface area contributed by atoms with Crippen LogP contribution in [0.25, 0.3) is 33.4 Å². The van der Waals surface area contributed by atoms with E-state index in [0.717, 1.165) is 6.07 Å². The molecule has 5 rings (SSSR count). The Kier molecular flexibility index (Phi) is 7.52. The molecule has 3 aromatic rings. The predicted octanol–water partition coefficient (Wildman–Crippen LogP) is 5.67. The molecule has 0 fully saturated rings. The van der Waals surface area contributed by atoms with Gasteiger partial charge in [0, 0.05) is 74.9 Å². The average molecular weight is 645 g/mol. The van der Waals surface area contributed by atoms with E-state index in [-0.39, 0.29) is 61.2 Å². The molecule has 0 N–H and O–H groups in total. The summed E-state index contributed by atoms with van der Waals surface area (Å²) in [6.07, 6.45) is -7.12. The van der Waals surface area contributed by atoms with E-state index in [2.05, 4.69) is 19.9 Å². The zero-order chi connectivity index (χ0) is 35.1. The Bertz CT molecular complexity index is 2380. The van der Waals surface area contributed by atoms with E-state index in [9.17, 15) is 63.2 Å². The lowest BCUT2D eigenvalue weighted by molar-refractivity contribution is -0.145. The number of allylic oxidation sites excluding steroid dienone is 8. The number of alkyl halides is 6. The fourth-order valence-corrected chi connectivity index (χ4v) is 5.27. The molecule has 2 aliphatic carbocycles. The highest BCUT2D eigenvalue weighted by Gasteiger charge is 2.42. The van der Waals surface area contributed by atoms with Crippen molar-refractivity contribution in [2.24, 2.45) is 0 Å². The number of rotatable bonds is 2. The lowest BCUT2D eigenvalue weighted by atomic mass is 9.86. The van der Waals surface area contributed by atoms with Crippen LogP contribution in [0.15, 0.2) is 42.0 Å². The van der Waals surface area contributed by atoms with Gasteiger partial charge in [0.15, 0.2) is 0 Å². The Morgan fingerprint density at radius 3 is 1.31 bits per heavy atom. The predicted molar refractivity (Wildman–Crippen MR) is 146 cm³/mol. The van der Waals surface area contributed by atoms with Crippen LogP contribution in [-0.4, -0.2) is 19.9 Å². The first-order chi connectivity index (χ1) is 22.8. The number of fused-ring (bicyclic) bond motifs is 2. The topological polar surface area (TPSA) is 218 Å². The molecule has 48 heavy (non-hydrogen) atoms. The van der Waals surface area contributed by atoms with Gasteiger partial charge in [-0.1, -0.05) is 0 Å². The molecule has 226 valence electrons. The van der Waals surface area contributed by atoms with Gasteiger partial charge in [-0.3, -0.25) is 0 Å². The molecule has 2 aromatic heterocycles. The van der Waals surface area contributed by atoms with Crippen molar-refractivity contribution in [2.75, 3.05) is 0 Å². The summed E-state index contributed by atoms with van der Waals surface area (Å²) in [5.74, 6) is -3.08. The second kappa shape index (κ2) is 11.4. The van der Waals surface area contributed by atoms with Gasteiger partial charge in [-0.25, -0.2) is 19.9 Å². The fourth-order valence-electron chi connectivity index (χ4n) is 5.27. The third-order valence-corrected chi connectivity index (χ3v) is 7.04. The number of aromatic nitrogens is 4. The molecular formula is C31H5F6N11. The summed E-state index contributed by atoms with van der Waals surface area (Å²) in [7, 11) is 0. The Morgan fingerprint density at radius 1 is 0.521 bits per heavy atom. The second-order valence-corrected chi connectivity index (χ2v) is 9.47. The monoisotopic (exact) mass is 645 g/mol. The van der Waals surface area contributed by atoms with Crippen LogP contribution >= 0.6 is 0 Å². The van der Waals surface area contributed by atoms with Crippen LogP contribution < -0.4 is 0 Å². The average Bonchev–Trinajstić information content (AvgIpc) is 3.57. The van der Waals surface area contributed by atoms with Crippen molar-refractivity contribution in [1.82, 2.24) is 19.9 Å². The van der Waals surface area contributed by atoms with Crippen LogP contribution in [0, 0.1) is 79.3 Å². The SMILES string of the molecule is N#CC(C#N)=C1C(c2cnc(C(F)(F)F)nc2)=C(C#N)c2c1cc1c(c2C#N)C(=C(C#N)C#N)C(c2cnc(C(F)(F)F)nc2)=C1C#N. The van der Waals surface area contributed by atoms with Gasteiger partial charge < -0.3 is 0 Å². The Hall–Kier alpha value is -7.65. The highest BCUT2D eigenvalue weighted by molar-refractivity contribution is 6.30. The summed E-state index contributed by atoms with van der Waals surface area (Å²) < 4.78 is 79.2. The van der Waals surface area contributed by atoms with E-state index in [0.29, 0.717) is 24.8 Å². The maximum atomic E-state index is 13.2. The van der Waals surface area contributed by atoms with Gasteiger partial charge in [0.2, 0.25) is 11.6 Å². The minimum atomic E-state index is -4.95. The normalized spacial score (nSPS) is 13.2. The molecule has 1 aromatic carbocycles. The smallest absolute Gasteiger partial charge is 0.232 e. The molecule has 0 radical (unpaired) electrons. The van der Waals surface area contributed by atoms with Crippen LogP contribution in [0.1, 0.15) is 50.6 Å². The molecule has 0 unspecified atom stereocenters. The van der Waals surface area contributed by atoms with Crippen molar-refractivity contribution >= 4 is 33.4 Å². The zero-order valence-electron chi connectivity index (χ0n) is 23.1. The van der Waals surface area contributed by atoms with Crippen molar-refractivity contribution in [3.8, 4) is 42.5 Å². The first kappa shape index (κ1) is 31.8. The molecule has 11 nitrogen and oxygen atoms in total. The molecular weight excluding hydrogens is 640 g/mol. The van der Waals surface area contributed by atoms with Crippen molar-refractivity contribution in [3.63, 3.8) is 0 Å². The highest BCUT2D eigenvalue weighted by Crippen LogP contribution is 2.56. The van der Waals surface area contributed by atoms with E-state index in [4.69, 9.17) is 0 Å². The number of hydrogen-bond acceptors (Lipinski definition) is 11. The summed E-state index contributed by atoms with van der Waals surface area (Å²) in [6.45, 7) is 0. The zero-order valence-corrected chi connectivity index (χ0v) is 23.1. The van der Waals surface area contributed by atoms with E-state index >= 15 is 0 Å². The van der Waals surface area contributed by atoms with Gasteiger partial charge in [-0.15, -0.1) is 0 Å². The van der Waals surface area contributed by atoms with E-state index in [1.807, 2.05) is 18.2 Å². The van der Waals surface area contributed by atoms with Crippen molar-refractivity contribution in [2.45, 2.75) is 12.4 Å². The molecule has 0 saturated carbocycles. The molecule has 17 heteroatoms. The third-order valence-electron chi connectivity index (χ3n) is 7.04. The van der Waals surface area contributed by atoms with Gasteiger partial charge in [-0.2, -0.15) is 63.2 Å². The fraction of sp³-hybridized carbons (Fsp3) is 0.0645. The second-order valence-electron chi connectivity index (χ2n) is 9.47. The Morgan fingerprint density at radius 2 is 0.938 bits per heavy atom. The molecule has 2 heterocycles. The molecule has 0 amide bonds. The number of hydrogen-bond donors (Lipinski definition) is 0. The van der Waals surface area contributed by atoms with Gasteiger partial charge in [0.25, 0.3) is 0 Å². The summed E-state index contributed by atoms with van der Waals surface area (Å²) in [4.78, 5) is 13.1. The van der Waals surface area contributed by atoms with E-state index in [1.165, 1.54) is 0 Å². The Balaban J connectivity index is 1.94. The molecule has 0 aliphatic heterocycles. The van der Waals surface area contributed by atoms with Crippen LogP contribution in [0.4, 0.5) is 26.3 Å². The summed E-state index contributed by atoms with van der Waals surface area (Å²) in [5, 5.41) is 70.5. The molecule has 0 saturated heterocycles. The van der Waals surface area contributed by atoms with Crippen molar-refractivity contribution < 1.29 is 26.3 Å². The number of benzene rings is 1. The Labute approximate surface area is 264 Å². The lowest BCUT2D eigenvalue weighted by Gasteiger charge is -2.13. The first-order valence-corrected chi connectivity index (χ1v) is 12.6. The van der Waals surface area contributed by atoms with Gasteiger partial charge in [-0.05, 0) is 11.6 Å². The van der Waals surface area contributed by atoms with E-state index < -0.39 is 46.3 Å². The molecule has 2 aliphatic rings. The van der Waals surface area contributed by atoms with Crippen LogP contribution in [0.2, 0.25) is 0 Å². The molecule has 0 bridgehead atoms. The minimum Gasteiger partial charge on any atom is -0.232 e. The van der Waals surface area contributed by atoms with Gasteiger partial charge >= 0.3 is 12.4 Å². The maximum Gasteiger partial charge on any atom is 0.451 e. The van der Waals surface area contributed by atoms with Gasteiger partial charge in [0.05, 0.1) is 16.7 Å². The van der Waals surface area contributed by atoms with Crippen LogP contribution in [0.3, 0.4) is 0 Å². The number of nitriles is 7. The third kappa shape index (κ3) is 4.73. The summed E-state index contributed by atoms with van der Waals surface area (Å²) >= 11 is 0. The largest absolute Gasteiger partial charge is 0.451 e. The van der Waals surface area contributed by atoms with Crippen LogP contribution in [-0.2, 0) is 12.4 Å².